The van der Waals surface area contributed by atoms with E-state index in [1.165, 1.54) is 0 Å². The molecule has 0 saturated heterocycles. The number of ether oxygens (including phenoxy) is 1. The maximum Gasteiger partial charge on any atom is 0.142 e. The van der Waals surface area contributed by atoms with Gasteiger partial charge in [0.2, 0.25) is 0 Å². The topological polar surface area (TPSA) is 62.6 Å². The molecule has 0 radical (unpaired) electrons. The van der Waals surface area contributed by atoms with Crippen LogP contribution in [0.5, 0.6) is 5.75 Å². The molecule has 4 nitrogen and oxygen atoms in total. The Labute approximate surface area is 200 Å². The first kappa shape index (κ1) is 22.3. The molecule has 34 heavy (non-hydrogen) atoms. The summed E-state index contributed by atoms with van der Waals surface area (Å²) in [4.78, 5) is 4.72. The van der Waals surface area contributed by atoms with Crippen LogP contribution in [-0.2, 0) is 18.4 Å². The van der Waals surface area contributed by atoms with Gasteiger partial charge in [-0.25, -0.2) is 0 Å². The van der Waals surface area contributed by atoms with Crippen LogP contribution < -0.4 is 4.74 Å². The van der Waals surface area contributed by atoms with Gasteiger partial charge in [0.1, 0.15) is 11.4 Å². The van der Waals surface area contributed by atoms with Gasteiger partial charge in [-0.15, -0.1) is 0 Å². The molecule has 1 aromatic heterocycles. The van der Waals surface area contributed by atoms with E-state index < -0.39 is 11.7 Å². The fourth-order valence-electron chi connectivity index (χ4n) is 5.16. The minimum atomic E-state index is -1.30. The molecular formula is C30H29NO3. The number of pyridine rings is 1. The van der Waals surface area contributed by atoms with Gasteiger partial charge in [0.15, 0.2) is 0 Å². The zero-order valence-electron chi connectivity index (χ0n) is 19.3. The predicted octanol–water partition coefficient (Wildman–Crippen LogP) is 5.21. The number of aliphatic hydroxyl groups excluding tert-OH is 1. The lowest BCUT2D eigenvalue weighted by molar-refractivity contribution is 0.0923. The lowest BCUT2D eigenvalue weighted by atomic mass is 9.78. The van der Waals surface area contributed by atoms with Crippen LogP contribution in [-0.4, -0.2) is 22.3 Å². The van der Waals surface area contributed by atoms with Crippen LogP contribution in [0.3, 0.4) is 0 Å². The molecule has 0 spiro atoms. The molecule has 4 aromatic rings. The minimum Gasteiger partial charge on any atom is -0.496 e. The van der Waals surface area contributed by atoms with Crippen LogP contribution in [0, 0.1) is 5.92 Å². The van der Waals surface area contributed by atoms with Crippen molar-refractivity contribution < 1.29 is 14.9 Å². The molecule has 3 aromatic carbocycles. The highest BCUT2D eigenvalue weighted by atomic mass is 16.5. The van der Waals surface area contributed by atoms with Gasteiger partial charge in [-0.3, -0.25) is 4.98 Å². The lowest BCUT2D eigenvalue weighted by Crippen LogP contribution is -2.29. The van der Waals surface area contributed by atoms with Gasteiger partial charge in [0.05, 0.1) is 13.2 Å². The third-order valence-corrected chi connectivity index (χ3v) is 7.02. The Morgan fingerprint density at radius 3 is 2.12 bits per heavy atom. The number of methoxy groups -OCH3 is 1. The summed E-state index contributed by atoms with van der Waals surface area (Å²) in [5.74, 6) is 0.929. The summed E-state index contributed by atoms with van der Waals surface area (Å²) < 4.78 is 5.49. The van der Waals surface area contributed by atoms with E-state index in [0.717, 1.165) is 46.5 Å². The van der Waals surface area contributed by atoms with E-state index >= 15 is 0 Å². The highest BCUT2D eigenvalue weighted by Gasteiger charge is 2.34. The Kier molecular flexibility index (Phi) is 6.18. The fourth-order valence-corrected chi connectivity index (χ4v) is 5.16. The van der Waals surface area contributed by atoms with Gasteiger partial charge >= 0.3 is 0 Å². The van der Waals surface area contributed by atoms with Gasteiger partial charge in [-0.2, -0.15) is 0 Å². The van der Waals surface area contributed by atoms with Crippen LogP contribution in [0.2, 0.25) is 0 Å². The summed E-state index contributed by atoms with van der Waals surface area (Å²) in [6.45, 7) is 0. The van der Waals surface area contributed by atoms with E-state index in [4.69, 9.17) is 9.72 Å². The Bertz CT molecular complexity index is 1200. The van der Waals surface area contributed by atoms with E-state index in [-0.39, 0.29) is 5.92 Å². The van der Waals surface area contributed by atoms with Gasteiger partial charge in [0.25, 0.3) is 0 Å². The Morgan fingerprint density at radius 1 is 0.853 bits per heavy atom. The highest BCUT2D eigenvalue weighted by Crippen LogP contribution is 2.40. The van der Waals surface area contributed by atoms with Crippen LogP contribution >= 0.6 is 0 Å². The SMILES string of the molecule is COc1cccc2c1CCC(Cc1ccc(C(O)(c3ccccc3)c3ccccc3)cn1)C2O. The largest absolute Gasteiger partial charge is 0.496 e. The van der Waals surface area contributed by atoms with Crippen LogP contribution in [0.4, 0.5) is 0 Å². The molecule has 0 bridgehead atoms. The van der Waals surface area contributed by atoms with Gasteiger partial charge in [-0.05, 0) is 59.6 Å². The van der Waals surface area contributed by atoms with Gasteiger partial charge in [-0.1, -0.05) is 78.9 Å². The lowest BCUT2D eigenvalue weighted by Gasteiger charge is -2.31. The molecule has 1 aliphatic rings. The molecule has 4 heteroatoms. The Hall–Kier alpha value is -3.47. The number of benzene rings is 3. The number of fused-ring (bicyclic) bond motifs is 1. The normalized spacial score (nSPS) is 17.7. The van der Waals surface area contributed by atoms with Crippen molar-refractivity contribution in [3.05, 3.63) is 131 Å². The van der Waals surface area contributed by atoms with E-state index in [1.54, 1.807) is 13.3 Å². The maximum atomic E-state index is 11.9. The molecular weight excluding hydrogens is 422 g/mol. The monoisotopic (exact) mass is 451 g/mol. The number of rotatable bonds is 6. The van der Waals surface area contributed by atoms with Crippen LogP contribution in [0.25, 0.3) is 0 Å². The van der Waals surface area contributed by atoms with Gasteiger partial charge in [0, 0.05) is 17.5 Å². The average molecular weight is 452 g/mol. The Morgan fingerprint density at radius 2 is 1.53 bits per heavy atom. The first-order valence-corrected chi connectivity index (χ1v) is 11.7. The molecule has 2 unspecified atom stereocenters. The Balaban J connectivity index is 1.42. The number of nitrogens with zero attached hydrogens (tertiary/aromatic N) is 1. The van der Waals surface area contributed by atoms with E-state index in [0.29, 0.717) is 12.0 Å². The second-order valence-electron chi connectivity index (χ2n) is 8.96. The van der Waals surface area contributed by atoms with Crippen molar-refractivity contribution in [2.45, 2.75) is 31.0 Å². The van der Waals surface area contributed by atoms with E-state index in [1.807, 2.05) is 91.0 Å². The molecule has 1 aliphatic carbocycles. The summed E-state index contributed by atoms with van der Waals surface area (Å²) in [6.07, 6.45) is 3.64. The number of aromatic nitrogens is 1. The van der Waals surface area contributed by atoms with Crippen molar-refractivity contribution in [2.75, 3.05) is 7.11 Å². The predicted molar refractivity (Wildman–Crippen MR) is 133 cm³/mol. The first-order chi connectivity index (χ1) is 16.6. The molecule has 172 valence electrons. The molecule has 2 N–H and O–H groups in total. The molecule has 2 atom stereocenters. The zero-order valence-corrected chi connectivity index (χ0v) is 19.3. The van der Waals surface area contributed by atoms with Crippen molar-refractivity contribution in [1.82, 2.24) is 4.98 Å². The molecule has 0 amide bonds. The number of aliphatic hydroxyl groups is 2. The number of hydrogen-bond donors (Lipinski definition) is 2. The summed E-state index contributed by atoms with van der Waals surface area (Å²) in [5, 5.41) is 23.0. The summed E-state index contributed by atoms with van der Waals surface area (Å²) in [7, 11) is 1.67. The van der Waals surface area contributed by atoms with Crippen LogP contribution in [0.15, 0.2) is 97.2 Å². The smallest absolute Gasteiger partial charge is 0.142 e. The second kappa shape index (κ2) is 9.41. The molecule has 1 heterocycles. The van der Waals surface area contributed by atoms with Crippen LogP contribution in [0.1, 0.15) is 46.0 Å². The van der Waals surface area contributed by atoms with Gasteiger partial charge < -0.3 is 14.9 Å². The quantitative estimate of drug-likeness (QED) is 0.422. The molecule has 0 fully saturated rings. The fraction of sp³-hybridized carbons (Fsp3) is 0.233. The van der Waals surface area contributed by atoms with Crippen molar-refractivity contribution in [3.8, 4) is 5.75 Å². The van der Waals surface area contributed by atoms with Crippen molar-refractivity contribution >= 4 is 0 Å². The standard InChI is InChI=1S/C30H29NO3/c1-34-28-14-8-13-27-26(28)18-15-21(29(27)32)19-25-17-16-24(20-31-25)30(33,22-9-4-2-5-10-22)23-11-6-3-7-12-23/h2-14,16-17,20-21,29,32-33H,15,18-19H2,1H3. The third kappa shape index (κ3) is 4.00. The highest BCUT2D eigenvalue weighted by molar-refractivity contribution is 5.46. The number of hydrogen-bond acceptors (Lipinski definition) is 4. The zero-order chi connectivity index (χ0) is 23.5. The molecule has 0 saturated carbocycles. The third-order valence-electron chi connectivity index (χ3n) is 7.02. The van der Waals surface area contributed by atoms with E-state index in [2.05, 4.69) is 0 Å². The van der Waals surface area contributed by atoms with Crippen molar-refractivity contribution in [3.63, 3.8) is 0 Å². The second-order valence-corrected chi connectivity index (χ2v) is 8.96. The molecule has 5 rings (SSSR count). The first-order valence-electron chi connectivity index (χ1n) is 11.7. The molecule has 0 aliphatic heterocycles. The average Bonchev–Trinajstić information content (AvgIpc) is 2.91. The maximum absolute atomic E-state index is 11.9. The van der Waals surface area contributed by atoms with E-state index in [9.17, 15) is 10.2 Å². The van der Waals surface area contributed by atoms with Crippen molar-refractivity contribution in [1.29, 1.82) is 0 Å². The minimum absolute atomic E-state index is 0.0834. The van der Waals surface area contributed by atoms with Crippen molar-refractivity contribution in [2.24, 2.45) is 5.92 Å². The summed E-state index contributed by atoms with van der Waals surface area (Å²) in [5.41, 5.74) is 3.97. The summed E-state index contributed by atoms with van der Waals surface area (Å²) >= 11 is 0. The summed E-state index contributed by atoms with van der Waals surface area (Å²) in [6, 6.07) is 29.2.